The minimum absolute atomic E-state index is 0.0540. The molecule has 0 aromatic heterocycles. The Kier molecular flexibility index (Phi) is 5.46. The molecule has 0 fully saturated rings. The summed E-state index contributed by atoms with van der Waals surface area (Å²) in [5.41, 5.74) is 2.51. The second-order valence-corrected chi connectivity index (χ2v) is 4.94. The third-order valence-corrected chi connectivity index (χ3v) is 3.10. The fraction of sp³-hybridized carbons (Fsp3) is 0.235. The van der Waals surface area contributed by atoms with Gasteiger partial charge in [-0.1, -0.05) is 30.3 Å². The van der Waals surface area contributed by atoms with Crippen molar-refractivity contribution in [2.75, 3.05) is 11.9 Å². The number of halogens is 1. The second kappa shape index (κ2) is 7.55. The molecule has 2 rings (SSSR count). The quantitative estimate of drug-likeness (QED) is 0.800. The van der Waals surface area contributed by atoms with Gasteiger partial charge < -0.3 is 10.6 Å². The monoisotopic (exact) mass is 286 g/mol. The van der Waals surface area contributed by atoms with Crippen molar-refractivity contribution in [2.24, 2.45) is 0 Å². The summed E-state index contributed by atoms with van der Waals surface area (Å²) in [5, 5.41) is 5.91. The highest BCUT2D eigenvalue weighted by molar-refractivity contribution is 5.90. The lowest BCUT2D eigenvalue weighted by Gasteiger charge is -2.07. The highest BCUT2D eigenvalue weighted by Crippen LogP contribution is 2.09. The Balaban J connectivity index is 1.71. The number of amides is 1. The Labute approximate surface area is 124 Å². The molecule has 0 saturated carbocycles. The Morgan fingerprint density at radius 2 is 1.95 bits per heavy atom. The van der Waals surface area contributed by atoms with Crippen LogP contribution in [0.25, 0.3) is 0 Å². The summed E-state index contributed by atoms with van der Waals surface area (Å²) in [5.74, 6) is -0.282. The molecule has 0 aliphatic heterocycles. The van der Waals surface area contributed by atoms with Gasteiger partial charge in [0.15, 0.2) is 0 Å². The van der Waals surface area contributed by atoms with E-state index in [0.717, 1.165) is 11.3 Å². The summed E-state index contributed by atoms with van der Waals surface area (Å²) in [6.07, 6.45) is 0.350. The van der Waals surface area contributed by atoms with Crippen LogP contribution < -0.4 is 10.6 Å². The maximum Gasteiger partial charge on any atom is 0.225 e. The molecule has 1 amide bonds. The smallest absolute Gasteiger partial charge is 0.225 e. The average molecular weight is 286 g/mol. The Hall–Kier alpha value is -2.20. The fourth-order valence-corrected chi connectivity index (χ4v) is 2.01. The summed E-state index contributed by atoms with van der Waals surface area (Å²) in [4.78, 5) is 11.8. The van der Waals surface area contributed by atoms with E-state index in [-0.39, 0.29) is 11.7 Å². The van der Waals surface area contributed by atoms with Crippen molar-refractivity contribution in [1.29, 1.82) is 0 Å². The van der Waals surface area contributed by atoms with Gasteiger partial charge in [0.05, 0.1) is 0 Å². The van der Waals surface area contributed by atoms with Gasteiger partial charge >= 0.3 is 0 Å². The lowest BCUT2D eigenvalue weighted by Crippen LogP contribution is -2.21. The van der Waals surface area contributed by atoms with Gasteiger partial charge in [0, 0.05) is 30.8 Å². The van der Waals surface area contributed by atoms with Crippen molar-refractivity contribution >= 4 is 11.6 Å². The number of benzene rings is 2. The molecule has 0 bridgehead atoms. The minimum Gasteiger partial charge on any atom is -0.326 e. The maximum absolute atomic E-state index is 13.4. The van der Waals surface area contributed by atoms with Gasteiger partial charge in [-0.05, 0) is 30.7 Å². The summed E-state index contributed by atoms with van der Waals surface area (Å²) in [7, 11) is 0. The molecule has 2 aromatic carbocycles. The zero-order valence-corrected chi connectivity index (χ0v) is 12.0. The van der Waals surface area contributed by atoms with Gasteiger partial charge in [-0.25, -0.2) is 4.39 Å². The molecule has 0 heterocycles. The zero-order valence-electron chi connectivity index (χ0n) is 12.0. The first-order valence-electron chi connectivity index (χ1n) is 6.96. The normalized spacial score (nSPS) is 10.4. The first-order valence-corrected chi connectivity index (χ1v) is 6.96. The van der Waals surface area contributed by atoms with Crippen LogP contribution in [0.15, 0.2) is 48.5 Å². The Bertz CT molecular complexity index is 613. The molecule has 0 aliphatic rings. The minimum atomic E-state index is -0.228. The molecular formula is C17H19FN2O. The van der Waals surface area contributed by atoms with Crippen molar-refractivity contribution in [3.05, 3.63) is 65.5 Å². The lowest BCUT2D eigenvalue weighted by atomic mass is 10.2. The molecule has 0 saturated heterocycles. The largest absolute Gasteiger partial charge is 0.326 e. The van der Waals surface area contributed by atoms with Crippen LogP contribution in [0.3, 0.4) is 0 Å². The van der Waals surface area contributed by atoms with Crippen LogP contribution in [-0.2, 0) is 11.3 Å². The standard InChI is InChI=1S/C17H19FN2O/c1-13-5-4-7-15(11-13)20-17(21)9-10-19-12-14-6-2-3-8-16(14)18/h2-8,11,19H,9-10,12H2,1H3,(H,20,21). The molecule has 0 unspecified atom stereocenters. The van der Waals surface area contributed by atoms with E-state index >= 15 is 0 Å². The number of hydrogen-bond donors (Lipinski definition) is 2. The highest BCUT2D eigenvalue weighted by atomic mass is 19.1. The van der Waals surface area contributed by atoms with Gasteiger partial charge in [-0.3, -0.25) is 4.79 Å². The number of nitrogens with one attached hydrogen (secondary N) is 2. The molecule has 0 atom stereocenters. The predicted molar refractivity (Wildman–Crippen MR) is 82.5 cm³/mol. The summed E-state index contributed by atoms with van der Waals surface area (Å²) in [6.45, 7) is 2.90. The van der Waals surface area contributed by atoms with E-state index in [9.17, 15) is 9.18 Å². The van der Waals surface area contributed by atoms with Crippen LogP contribution in [0.1, 0.15) is 17.5 Å². The van der Waals surface area contributed by atoms with Gasteiger partial charge in [-0.15, -0.1) is 0 Å². The van der Waals surface area contributed by atoms with Crippen LogP contribution in [0.2, 0.25) is 0 Å². The van der Waals surface area contributed by atoms with Gasteiger partial charge in [0.1, 0.15) is 5.82 Å². The third kappa shape index (κ3) is 5.00. The molecule has 2 N–H and O–H groups in total. The molecule has 4 heteroatoms. The van der Waals surface area contributed by atoms with Gasteiger partial charge in [-0.2, -0.15) is 0 Å². The number of rotatable bonds is 6. The van der Waals surface area contributed by atoms with E-state index < -0.39 is 0 Å². The average Bonchev–Trinajstić information content (AvgIpc) is 2.45. The van der Waals surface area contributed by atoms with Crippen LogP contribution in [0.5, 0.6) is 0 Å². The molecular weight excluding hydrogens is 267 g/mol. The van der Waals surface area contributed by atoms with Crippen LogP contribution >= 0.6 is 0 Å². The third-order valence-electron chi connectivity index (χ3n) is 3.10. The van der Waals surface area contributed by atoms with E-state index in [0.29, 0.717) is 25.1 Å². The highest BCUT2D eigenvalue weighted by Gasteiger charge is 2.03. The zero-order chi connectivity index (χ0) is 15.1. The second-order valence-electron chi connectivity index (χ2n) is 4.94. The van der Waals surface area contributed by atoms with Crippen molar-refractivity contribution in [1.82, 2.24) is 5.32 Å². The summed E-state index contributed by atoms with van der Waals surface area (Å²) >= 11 is 0. The molecule has 0 aliphatic carbocycles. The first-order chi connectivity index (χ1) is 10.1. The van der Waals surface area contributed by atoms with Gasteiger partial charge in [0.25, 0.3) is 0 Å². The molecule has 3 nitrogen and oxygen atoms in total. The molecule has 0 radical (unpaired) electrons. The number of hydrogen-bond acceptors (Lipinski definition) is 2. The number of aryl methyl sites for hydroxylation is 1. The fourth-order valence-electron chi connectivity index (χ4n) is 2.01. The number of carbonyl (C=O) groups is 1. The van der Waals surface area contributed by atoms with Gasteiger partial charge in [0.2, 0.25) is 5.91 Å². The Morgan fingerprint density at radius 3 is 2.71 bits per heavy atom. The first kappa shape index (κ1) is 15.2. The molecule has 21 heavy (non-hydrogen) atoms. The van der Waals surface area contributed by atoms with E-state index in [2.05, 4.69) is 10.6 Å². The van der Waals surface area contributed by atoms with Crippen molar-refractivity contribution in [2.45, 2.75) is 19.9 Å². The molecule has 110 valence electrons. The molecule has 0 spiro atoms. The predicted octanol–water partition coefficient (Wildman–Crippen LogP) is 3.25. The summed E-state index contributed by atoms with van der Waals surface area (Å²) < 4.78 is 13.4. The van der Waals surface area contributed by atoms with E-state index in [1.165, 1.54) is 6.07 Å². The van der Waals surface area contributed by atoms with E-state index in [1.54, 1.807) is 18.2 Å². The summed E-state index contributed by atoms with van der Waals surface area (Å²) in [6, 6.07) is 14.3. The van der Waals surface area contributed by atoms with Crippen LogP contribution in [-0.4, -0.2) is 12.5 Å². The number of anilines is 1. The Morgan fingerprint density at radius 1 is 1.14 bits per heavy atom. The van der Waals surface area contributed by atoms with E-state index in [1.807, 2.05) is 31.2 Å². The van der Waals surface area contributed by atoms with E-state index in [4.69, 9.17) is 0 Å². The lowest BCUT2D eigenvalue weighted by molar-refractivity contribution is -0.116. The SMILES string of the molecule is Cc1cccc(NC(=O)CCNCc2ccccc2F)c1. The van der Waals surface area contributed by atoms with Crippen LogP contribution in [0.4, 0.5) is 10.1 Å². The van der Waals surface area contributed by atoms with Crippen molar-refractivity contribution in [3.63, 3.8) is 0 Å². The number of carbonyl (C=O) groups excluding carboxylic acids is 1. The van der Waals surface area contributed by atoms with Crippen molar-refractivity contribution in [3.8, 4) is 0 Å². The molecule has 2 aromatic rings. The van der Waals surface area contributed by atoms with Crippen molar-refractivity contribution < 1.29 is 9.18 Å². The van der Waals surface area contributed by atoms with Crippen LogP contribution in [0, 0.1) is 12.7 Å². The maximum atomic E-state index is 13.4. The topological polar surface area (TPSA) is 41.1 Å².